The second-order valence-electron chi connectivity index (χ2n) is 3.51. The number of nitrogens with one attached hydrogen (secondary N) is 1. The third-order valence-electron chi connectivity index (χ3n) is 2.42. The van der Waals surface area contributed by atoms with Crippen LogP contribution in [0.5, 0.6) is 5.75 Å². The lowest BCUT2D eigenvalue weighted by Crippen LogP contribution is -2.05. The smallest absolute Gasteiger partial charge is 0.141 e. The number of rotatable bonds is 5. The number of hydrogen-bond donors (Lipinski definition) is 1. The van der Waals surface area contributed by atoms with Crippen molar-refractivity contribution in [1.29, 1.82) is 0 Å². The molecule has 2 aromatic rings. The molecule has 1 aromatic heterocycles. The Morgan fingerprint density at radius 1 is 1.25 bits per heavy atom. The highest BCUT2D eigenvalue weighted by Crippen LogP contribution is 2.22. The summed E-state index contributed by atoms with van der Waals surface area (Å²) in [5, 5.41) is 7.68. The van der Waals surface area contributed by atoms with Crippen molar-refractivity contribution in [3.8, 4) is 5.75 Å². The summed E-state index contributed by atoms with van der Waals surface area (Å²) in [6, 6.07) is 10.1. The summed E-state index contributed by atoms with van der Waals surface area (Å²) < 4.78 is 5.27. The Bertz CT molecular complexity index is 425. The van der Waals surface area contributed by atoms with E-state index >= 15 is 0 Å². The van der Waals surface area contributed by atoms with E-state index in [1.807, 2.05) is 24.3 Å². The van der Waals surface area contributed by atoms with Crippen molar-refractivity contribution in [2.45, 2.75) is 6.42 Å². The number of methoxy groups -OCH3 is 1. The van der Waals surface area contributed by atoms with Crippen LogP contribution in [0.3, 0.4) is 0 Å². The molecule has 2 rings (SSSR count). The van der Waals surface area contributed by atoms with Crippen molar-refractivity contribution in [2.24, 2.45) is 0 Å². The Morgan fingerprint density at radius 3 is 2.88 bits per heavy atom. The molecule has 0 saturated heterocycles. The predicted octanol–water partition coefficient (Wildman–Crippen LogP) is 3.41. The van der Waals surface area contributed by atoms with E-state index in [0.29, 0.717) is 0 Å². The lowest BCUT2D eigenvalue weighted by atomic mass is 10.2. The molecule has 16 heavy (non-hydrogen) atoms. The lowest BCUT2D eigenvalue weighted by molar-refractivity contribution is 0.416. The molecular weight excluding hydrogens is 218 g/mol. The summed E-state index contributed by atoms with van der Waals surface area (Å²) in [5.41, 5.74) is 2.44. The van der Waals surface area contributed by atoms with Gasteiger partial charge in [-0.2, -0.15) is 11.3 Å². The van der Waals surface area contributed by atoms with Crippen molar-refractivity contribution >= 4 is 17.0 Å². The molecular formula is C13H15NOS. The zero-order valence-corrected chi connectivity index (χ0v) is 10.1. The molecule has 1 N–H and O–H groups in total. The van der Waals surface area contributed by atoms with Crippen molar-refractivity contribution in [3.63, 3.8) is 0 Å². The molecule has 0 aliphatic heterocycles. The lowest BCUT2D eigenvalue weighted by Gasteiger charge is -2.10. The number of thiophene rings is 1. The monoisotopic (exact) mass is 233 g/mol. The average molecular weight is 233 g/mol. The summed E-state index contributed by atoms with van der Waals surface area (Å²) in [5.74, 6) is 0.896. The molecule has 1 aromatic carbocycles. The van der Waals surface area contributed by atoms with Gasteiger partial charge in [-0.3, -0.25) is 0 Å². The second kappa shape index (κ2) is 5.56. The van der Waals surface area contributed by atoms with Crippen LogP contribution in [-0.2, 0) is 6.42 Å². The summed E-state index contributed by atoms with van der Waals surface area (Å²) in [6.45, 7) is 0.928. The van der Waals surface area contributed by atoms with E-state index in [-0.39, 0.29) is 0 Å². The maximum absolute atomic E-state index is 5.27. The highest BCUT2D eigenvalue weighted by atomic mass is 32.1. The van der Waals surface area contributed by atoms with Gasteiger partial charge in [-0.1, -0.05) is 12.1 Å². The SMILES string of the molecule is COc1ccccc1NCCc1ccsc1. The zero-order chi connectivity index (χ0) is 11.2. The predicted molar refractivity (Wildman–Crippen MR) is 69.5 cm³/mol. The molecule has 0 aliphatic rings. The highest BCUT2D eigenvalue weighted by Gasteiger charge is 2.00. The van der Waals surface area contributed by atoms with Gasteiger partial charge in [0.2, 0.25) is 0 Å². The highest BCUT2D eigenvalue weighted by molar-refractivity contribution is 7.07. The van der Waals surface area contributed by atoms with Gasteiger partial charge >= 0.3 is 0 Å². The van der Waals surface area contributed by atoms with Crippen LogP contribution in [0.4, 0.5) is 5.69 Å². The van der Waals surface area contributed by atoms with Gasteiger partial charge in [0, 0.05) is 6.54 Å². The molecule has 1 heterocycles. The van der Waals surface area contributed by atoms with Crippen LogP contribution in [0.25, 0.3) is 0 Å². The molecule has 84 valence electrons. The van der Waals surface area contributed by atoms with E-state index < -0.39 is 0 Å². The number of para-hydroxylation sites is 2. The summed E-state index contributed by atoms with van der Waals surface area (Å²) in [4.78, 5) is 0. The fraction of sp³-hybridized carbons (Fsp3) is 0.231. The molecule has 0 saturated carbocycles. The molecule has 0 atom stereocenters. The van der Waals surface area contributed by atoms with Crippen molar-refractivity contribution in [2.75, 3.05) is 19.0 Å². The normalized spacial score (nSPS) is 10.1. The van der Waals surface area contributed by atoms with Gasteiger partial charge in [0.05, 0.1) is 12.8 Å². The maximum Gasteiger partial charge on any atom is 0.141 e. The Labute approximate surface area is 99.9 Å². The first-order valence-corrected chi connectivity index (χ1v) is 6.22. The number of hydrogen-bond acceptors (Lipinski definition) is 3. The van der Waals surface area contributed by atoms with E-state index in [9.17, 15) is 0 Å². The van der Waals surface area contributed by atoms with Crippen LogP contribution >= 0.6 is 11.3 Å². The molecule has 3 heteroatoms. The minimum absolute atomic E-state index is 0.896. The summed E-state index contributed by atoms with van der Waals surface area (Å²) in [6.07, 6.45) is 1.04. The Hall–Kier alpha value is -1.48. The first-order chi connectivity index (χ1) is 7.90. The first-order valence-electron chi connectivity index (χ1n) is 5.28. The topological polar surface area (TPSA) is 21.3 Å². The third kappa shape index (κ3) is 2.76. The maximum atomic E-state index is 5.27. The van der Waals surface area contributed by atoms with Gasteiger partial charge in [-0.15, -0.1) is 0 Å². The summed E-state index contributed by atoms with van der Waals surface area (Å²) >= 11 is 1.74. The van der Waals surface area contributed by atoms with E-state index in [4.69, 9.17) is 4.74 Å². The van der Waals surface area contributed by atoms with Gasteiger partial charge in [-0.05, 0) is 40.9 Å². The fourth-order valence-corrected chi connectivity index (χ4v) is 2.27. The van der Waals surface area contributed by atoms with Gasteiger partial charge in [0.15, 0.2) is 0 Å². The van der Waals surface area contributed by atoms with Gasteiger partial charge < -0.3 is 10.1 Å². The standard InChI is InChI=1S/C13H15NOS/c1-15-13-5-3-2-4-12(13)14-8-6-11-7-9-16-10-11/h2-5,7,9-10,14H,6,8H2,1H3. The van der Waals surface area contributed by atoms with E-state index in [1.165, 1.54) is 5.56 Å². The molecule has 0 amide bonds. The van der Waals surface area contributed by atoms with Crippen molar-refractivity contribution in [1.82, 2.24) is 0 Å². The van der Waals surface area contributed by atoms with E-state index in [0.717, 1.165) is 24.4 Å². The van der Waals surface area contributed by atoms with Gasteiger partial charge in [-0.25, -0.2) is 0 Å². The molecule has 0 aliphatic carbocycles. The Morgan fingerprint density at radius 2 is 2.12 bits per heavy atom. The number of ether oxygens (including phenoxy) is 1. The second-order valence-corrected chi connectivity index (χ2v) is 4.29. The Balaban J connectivity index is 1.89. The number of benzene rings is 1. The van der Waals surface area contributed by atoms with Gasteiger partial charge in [0.25, 0.3) is 0 Å². The molecule has 2 nitrogen and oxygen atoms in total. The minimum Gasteiger partial charge on any atom is -0.495 e. The third-order valence-corrected chi connectivity index (χ3v) is 3.15. The van der Waals surface area contributed by atoms with Crippen LogP contribution in [0.2, 0.25) is 0 Å². The zero-order valence-electron chi connectivity index (χ0n) is 9.27. The van der Waals surface area contributed by atoms with Crippen LogP contribution < -0.4 is 10.1 Å². The van der Waals surface area contributed by atoms with Crippen LogP contribution in [0, 0.1) is 0 Å². The summed E-state index contributed by atoms with van der Waals surface area (Å²) in [7, 11) is 1.69. The van der Waals surface area contributed by atoms with Crippen LogP contribution in [0.1, 0.15) is 5.56 Å². The van der Waals surface area contributed by atoms with Crippen molar-refractivity contribution in [3.05, 3.63) is 46.7 Å². The average Bonchev–Trinajstić information content (AvgIpc) is 2.83. The molecule has 0 unspecified atom stereocenters. The van der Waals surface area contributed by atoms with Gasteiger partial charge in [0.1, 0.15) is 5.75 Å². The molecule has 0 radical (unpaired) electrons. The van der Waals surface area contributed by atoms with Crippen LogP contribution in [-0.4, -0.2) is 13.7 Å². The largest absolute Gasteiger partial charge is 0.495 e. The quantitative estimate of drug-likeness (QED) is 0.854. The Kier molecular flexibility index (Phi) is 3.83. The number of anilines is 1. The molecule has 0 spiro atoms. The van der Waals surface area contributed by atoms with E-state index in [2.05, 4.69) is 22.1 Å². The van der Waals surface area contributed by atoms with E-state index in [1.54, 1.807) is 18.4 Å². The molecule has 0 fully saturated rings. The van der Waals surface area contributed by atoms with Crippen LogP contribution in [0.15, 0.2) is 41.1 Å². The van der Waals surface area contributed by atoms with Crippen molar-refractivity contribution < 1.29 is 4.74 Å². The minimum atomic E-state index is 0.896. The first kappa shape index (κ1) is 11.0. The molecule has 0 bridgehead atoms. The fourth-order valence-electron chi connectivity index (χ4n) is 1.57.